The summed E-state index contributed by atoms with van der Waals surface area (Å²) in [6.07, 6.45) is -0.879. The maximum atomic E-state index is 13.9. The molecule has 2 rings (SSSR count). The van der Waals surface area contributed by atoms with Gasteiger partial charge in [0.25, 0.3) is 0 Å². The SMILES string of the molecule is NCC(c1c(F)cccc1Cl)C(O)c1ccc(Br)s1. The summed E-state index contributed by atoms with van der Waals surface area (Å²) in [4.78, 5) is 0.724. The topological polar surface area (TPSA) is 46.2 Å². The molecule has 0 aliphatic heterocycles. The zero-order valence-electron chi connectivity index (χ0n) is 9.82. The summed E-state index contributed by atoms with van der Waals surface area (Å²) < 4.78 is 14.8. The standard InChI is InChI=1S/C13H12BrClFNOS/c14-11-5-4-10(19-11)13(18)7(6-17)12-8(15)2-1-3-9(12)16/h1-5,7,13,18H,6,17H2. The molecule has 1 heterocycles. The van der Waals surface area contributed by atoms with Gasteiger partial charge in [-0.15, -0.1) is 11.3 Å². The lowest BCUT2D eigenvalue weighted by Gasteiger charge is -2.22. The third-order valence-electron chi connectivity index (χ3n) is 2.89. The van der Waals surface area contributed by atoms with E-state index in [1.165, 1.54) is 23.5 Å². The Morgan fingerprint density at radius 2 is 2.11 bits per heavy atom. The van der Waals surface area contributed by atoms with Crippen molar-refractivity contribution in [2.45, 2.75) is 12.0 Å². The van der Waals surface area contributed by atoms with Gasteiger partial charge in [0.15, 0.2) is 0 Å². The third-order valence-corrected chi connectivity index (χ3v) is 4.91. The summed E-state index contributed by atoms with van der Waals surface area (Å²) in [5.74, 6) is -1.02. The Hall–Kier alpha value is -0.460. The molecule has 0 amide bonds. The van der Waals surface area contributed by atoms with Gasteiger partial charge >= 0.3 is 0 Å². The van der Waals surface area contributed by atoms with Crippen LogP contribution in [-0.4, -0.2) is 11.7 Å². The van der Waals surface area contributed by atoms with Crippen LogP contribution in [-0.2, 0) is 0 Å². The predicted molar refractivity (Wildman–Crippen MR) is 80.2 cm³/mol. The number of rotatable bonds is 4. The van der Waals surface area contributed by atoms with Crippen LogP contribution in [0.25, 0.3) is 0 Å². The van der Waals surface area contributed by atoms with Gasteiger partial charge in [0.05, 0.1) is 9.89 Å². The highest BCUT2D eigenvalue weighted by molar-refractivity contribution is 9.11. The first-order valence-corrected chi connectivity index (χ1v) is 7.60. The zero-order chi connectivity index (χ0) is 14.0. The second-order valence-corrected chi connectivity index (χ2v) is 6.97. The largest absolute Gasteiger partial charge is 0.387 e. The lowest BCUT2D eigenvalue weighted by Crippen LogP contribution is -2.21. The Bertz CT molecular complexity index is 557. The molecule has 0 saturated heterocycles. The van der Waals surface area contributed by atoms with E-state index in [-0.39, 0.29) is 17.1 Å². The summed E-state index contributed by atoms with van der Waals surface area (Å²) >= 11 is 10.8. The fourth-order valence-corrected chi connectivity index (χ4v) is 3.73. The van der Waals surface area contributed by atoms with Crippen molar-refractivity contribution in [2.75, 3.05) is 6.54 Å². The zero-order valence-corrected chi connectivity index (χ0v) is 13.0. The van der Waals surface area contributed by atoms with Crippen LogP contribution in [0.15, 0.2) is 34.1 Å². The van der Waals surface area contributed by atoms with Crippen molar-refractivity contribution < 1.29 is 9.50 Å². The minimum Gasteiger partial charge on any atom is -0.387 e. The summed E-state index contributed by atoms with van der Waals surface area (Å²) in [6.45, 7) is 0.108. The van der Waals surface area contributed by atoms with E-state index in [1.54, 1.807) is 12.1 Å². The van der Waals surface area contributed by atoms with Crippen molar-refractivity contribution in [2.24, 2.45) is 5.73 Å². The first-order valence-electron chi connectivity index (χ1n) is 5.62. The molecule has 0 aliphatic rings. The van der Waals surface area contributed by atoms with E-state index in [2.05, 4.69) is 15.9 Å². The van der Waals surface area contributed by atoms with Crippen molar-refractivity contribution in [1.29, 1.82) is 0 Å². The van der Waals surface area contributed by atoms with Crippen molar-refractivity contribution in [3.05, 3.63) is 55.4 Å². The summed E-state index contributed by atoms with van der Waals surface area (Å²) in [7, 11) is 0. The Morgan fingerprint density at radius 3 is 2.63 bits per heavy atom. The quantitative estimate of drug-likeness (QED) is 0.858. The number of hydrogen-bond donors (Lipinski definition) is 2. The highest BCUT2D eigenvalue weighted by Gasteiger charge is 2.27. The lowest BCUT2D eigenvalue weighted by atomic mass is 9.92. The molecule has 0 bridgehead atoms. The van der Waals surface area contributed by atoms with Gasteiger partial charge in [0, 0.05) is 27.9 Å². The third kappa shape index (κ3) is 3.17. The van der Waals surface area contributed by atoms with Gasteiger partial charge in [0.1, 0.15) is 5.82 Å². The molecule has 19 heavy (non-hydrogen) atoms. The predicted octanol–water partition coefficient (Wildman–Crippen LogP) is 4.08. The molecule has 0 radical (unpaired) electrons. The van der Waals surface area contributed by atoms with Crippen molar-refractivity contribution in [3.8, 4) is 0 Å². The van der Waals surface area contributed by atoms with Crippen molar-refractivity contribution >= 4 is 38.9 Å². The van der Waals surface area contributed by atoms with E-state index < -0.39 is 17.8 Å². The minimum absolute atomic E-state index is 0.108. The molecule has 2 unspecified atom stereocenters. The first kappa shape index (κ1) is 14.9. The highest BCUT2D eigenvalue weighted by Crippen LogP contribution is 2.38. The average molecular weight is 365 g/mol. The number of nitrogens with two attached hydrogens (primary N) is 1. The summed E-state index contributed by atoms with van der Waals surface area (Å²) in [5.41, 5.74) is 5.96. The second-order valence-electron chi connectivity index (χ2n) is 4.06. The van der Waals surface area contributed by atoms with E-state index in [4.69, 9.17) is 17.3 Å². The Kier molecular flexibility index (Phi) is 4.97. The molecular weight excluding hydrogens is 353 g/mol. The van der Waals surface area contributed by atoms with Crippen LogP contribution in [0.3, 0.4) is 0 Å². The molecular formula is C13H12BrClFNOS. The fraction of sp³-hybridized carbons (Fsp3) is 0.231. The molecule has 2 aromatic rings. The normalized spacial score (nSPS) is 14.4. The lowest BCUT2D eigenvalue weighted by molar-refractivity contribution is 0.149. The van der Waals surface area contributed by atoms with Crippen LogP contribution >= 0.6 is 38.9 Å². The number of benzene rings is 1. The number of halogens is 3. The Labute approximate surface area is 128 Å². The molecule has 102 valence electrons. The second kappa shape index (κ2) is 6.33. The van der Waals surface area contributed by atoms with Gasteiger partial charge in [0.2, 0.25) is 0 Å². The Balaban J connectivity index is 2.39. The van der Waals surface area contributed by atoms with Crippen molar-refractivity contribution in [3.63, 3.8) is 0 Å². The molecule has 0 spiro atoms. The molecule has 0 aliphatic carbocycles. The molecule has 1 aromatic heterocycles. The average Bonchev–Trinajstić information content (AvgIpc) is 2.80. The number of aliphatic hydroxyl groups is 1. The van der Waals surface area contributed by atoms with Crippen LogP contribution in [0.1, 0.15) is 22.5 Å². The van der Waals surface area contributed by atoms with Crippen LogP contribution < -0.4 is 5.73 Å². The maximum Gasteiger partial charge on any atom is 0.128 e. The fourth-order valence-electron chi connectivity index (χ4n) is 1.96. The molecule has 1 aromatic carbocycles. The van der Waals surface area contributed by atoms with E-state index in [0.29, 0.717) is 0 Å². The van der Waals surface area contributed by atoms with Gasteiger partial charge in [-0.1, -0.05) is 17.7 Å². The van der Waals surface area contributed by atoms with Crippen LogP contribution in [0.4, 0.5) is 4.39 Å². The summed E-state index contributed by atoms with van der Waals surface area (Å²) in [6, 6.07) is 8.07. The number of thiophene rings is 1. The van der Waals surface area contributed by atoms with E-state index in [0.717, 1.165) is 8.66 Å². The number of aliphatic hydroxyl groups excluding tert-OH is 1. The van der Waals surface area contributed by atoms with Gasteiger partial charge < -0.3 is 10.8 Å². The van der Waals surface area contributed by atoms with Gasteiger partial charge in [-0.3, -0.25) is 0 Å². The monoisotopic (exact) mass is 363 g/mol. The molecule has 0 saturated carbocycles. The highest BCUT2D eigenvalue weighted by atomic mass is 79.9. The van der Waals surface area contributed by atoms with Gasteiger partial charge in [-0.25, -0.2) is 4.39 Å². The maximum absolute atomic E-state index is 13.9. The van der Waals surface area contributed by atoms with E-state index in [9.17, 15) is 9.50 Å². The van der Waals surface area contributed by atoms with Crippen LogP contribution in [0.5, 0.6) is 0 Å². The van der Waals surface area contributed by atoms with E-state index in [1.807, 2.05) is 6.07 Å². The molecule has 0 fully saturated rings. The minimum atomic E-state index is -0.879. The first-order chi connectivity index (χ1) is 9.04. The van der Waals surface area contributed by atoms with Crippen LogP contribution in [0.2, 0.25) is 5.02 Å². The van der Waals surface area contributed by atoms with E-state index >= 15 is 0 Å². The smallest absolute Gasteiger partial charge is 0.128 e. The van der Waals surface area contributed by atoms with Crippen LogP contribution in [0, 0.1) is 5.82 Å². The molecule has 3 N–H and O–H groups in total. The van der Waals surface area contributed by atoms with Gasteiger partial charge in [-0.2, -0.15) is 0 Å². The number of hydrogen-bond acceptors (Lipinski definition) is 3. The molecule has 2 atom stereocenters. The Morgan fingerprint density at radius 1 is 1.37 bits per heavy atom. The summed E-state index contributed by atoms with van der Waals surface area (Å²) in [5, 5.41) is 10.7. The molecule has 2 nitrogen and oxygen atoms in total. The molecule has 6 heteroatoms. The van der Waals surface area contributed by atoms with Crippen molar-refractivity contribution in [1.82, 2.24) is 0 Å². The van der Waals surface area contributed by atoms with Gasteiger partial charge in [-0.05, 0) is 40.2 Å².